The molecular formula is C19H15ClN2O4S. The summed E-state index contributed by atoms with van der Waals surface area (Å²) in [6.07, 6.45) is 1.61. The van der Waals surface area contributed by atoms with Crippen LogP contribution < -0.4 is 14.8 Å². The number of ether oxygens (including phenoxy) is 2. The van der Waals surface area contributed by atoms with E-state index in [4.69, 9.17) is 21.1 Å². The lowest BCUT2D eigenvalue weighted by Gasteiger charge is -2.09. The second-order valence-electron chi connectivity index (χ2n) is 5.38. The quantitative estimate of drug-likeness (QED) is 0.788. The average molecular weight is 403 g/mol. The van der Waals surface area contributed by atoms with Gasteiger partial charge in [0.1, 0.15) is 0 Å². The molecule has 27 heavy (non-hydrogen) atoms. The van der Waals surface area contributed by atoms with Crippen molar-refractivity contribution in [2.24, 2.45) is 4.99 Å². The maximum atomic E-state index is 12.2. The zero-order chi connectivity index (χ0) is 19.4. The van der Waals surface area contributed by atoms with Gasteiger partial charge < -0.3 is 14.8 Å². The van der Waals surface area contributed by atoms with Crippen molar-refractivity contribution >= 4 is 46.4 Å². The third-order valence-electron chi connectivity index (χ3n) is 3.66. The van der Waals surface area contributed by atoms with Crippen molar-refractivity contribution in [3.63, 3.8) is 0 Å². The van der Waals surface area contributed by atoms with Crippen molar-refractivity contribution < 1.29 is 19.1 Å². The molecule has 1 heterocycles. The number of carbonyl (C=O) groups excluding carboxylic acids is 2. The number of benzene rings is 2. The first kappa shape index (κ1) is 19.0. The number of halogens is 1. The van der Waals surface area contributed by atoms with Crippen LogP contribution in [0.15, 0.2) is 52.4 Å². The van der Waals surface area contributed by atoms with E-state index in [9.17, 15) is 9.59 Å². The molecule has 3 rings (SSSR count). The lowest BCUT2D eigenvalue weighted by molar-refractivity contribution is -0.115. The molecule has 1 N–H and O–H groups in total. The largest absolute Gasteiger partial charge is 0.493 e. The van der Waals surface area contributed by atoms with Crippen LogP contribution in [-0.4, -0.2) is 31.2 Å². The minimum Gasteiger partial charge on any atom is -0.493 e. The molecule has 0 saturated carbocycles. The van der Waals surface area contributed by atoms with Gasteiger partial charge in [-0.1, -0.05) is 29.8 Å². The summed E-state index contributed by atoms with van der Waals surface area (Å²) in [6, 6.07) is 11.9. The van der Waals surface area contributed by atoms with E-state index in [2.05, 4.69) is 10.3 Å². The van der Waals surface area contributed by atoms with Gasteiger partial charge in [-0.2, -0.15) is 4.99 Å². The van der Waals surface area contributed by atoms with Crippen molar-refractivity contribution in [1.82, 2.24) is 5.32 Å². The standard InChI is InChI=1S/C19H15ClN2O4S/c1-25-14-8-12(13(20)10-15(14)26-2)9-16-18(24)22-19(27-16)21-17(23)11-6-4-3-5-7-11/h3-10H,1-2H3,(H,21,22,23,24)/b16-9-. The van der Waals surface area contributed by atoms with Crippen LogP contribution in [0.1, 0.15) is 15.9 Å². The number of nitrogens with zero attached hydrogens (tertiary/aromatic N) is 1. The normalized spacial score (nSPS) is 16.5. The molecule has 138 valence electrons. The second kappa shape index (κ2) is 8.28. The number of carbonyl (C=O) groups is 2. The van der Waals surface area contributed by atoms with Crippen LogP contribution in [0, 0.1) is 0 Å². The topological polar surface area (TPSA) is 77.0 Å². The Morgan fingerprint density at radius 2 is 1.81 bits per heavy atom. The number of rotatable bonds is 4. The molecule has 0 spiro atoms. The molecule has 0 unspecified atom stereocenters. The second-order valence-corrected chi connectivity index (χ2v) is 6.82. The highest BCUT2D eigenvalue weighted by atomic mass is 35.5. The van der Waals surface area contributed by atoms with Crippen molar-refractivity contribution in [2.45, 2.75) is 0 Å². The van der Waals surface area contributed by atoms with E-state index < -0.39 is 5.91 Å². The summed E-state index contributed by atoms with van der Waals surface area (Å²) in [5.41, 5.74) is 1.03. The highest BCUT2D eigenvalue weighted by Gasteiger charge is 2.25. The zero-order valence-electron chi connectivity index (χ0n) is 14.5. The fourth-order valence-electron chi connectivity index (χ4n) is 2.34. The molecule has 0 aliphatic carbocycles. The maximum Gasteiger partial charge on any atom is 0.279 e. The lowest BCUT2D eigenvalue weighted by atomic mass is 10.2. The van der Waals surface area contributed by atoms with Crippen molar-refractivity contribution in [2.75, 3.05) is 14.2 Å². The van der Waals surface area contributed by atoms with Crippen LogP contribution in [0.25, 0.3) is 6.08 Å². The number of nitrogens with one attached hydrogen (secondary N) is 1. The Morgan fingerprint density at radius 3 is 2.48 bits per heavy atom. The molecule has 2 aromatic carbocycles. The first-order valence-corrected chi connectivity index (χ1v) is 9.01. The number of methoxy groups -OCH3 is 2. The molecule has 2 aromatic rings. The van der Waals surface area contributed by atoms with Gasteiger partial charge in [-0.15, -0.1) is 0 Å². The van der Waals surface area contributed by atoms with Crippen LogP contribution in [0.2, 0.25) is 5.02 Å². The number of thioether (sulfide) groups is 1. The minimum atomic E-state index is -0.427. The molecule has 1 fully saturated rings. The van der Waals surface area contributed by atoms with Gasteiger partial charge in [-0.05, 0) is 41.6 Å². The first-order chi connectivity index (χ1) is 13.0. The number of hydrogen-bond donors (Lipinski definition) is 1. The number of hydrogen-bond acceptors (Lipinski definition) is 5. The Morgan fingerprint density at radius 1 is 1.15 bits per heavy atom. The van der Waals surface area contributed by atoms with Gasteiger partial charge >= 0.3 is 0 Å². The molecule has 6 nitrogen and oxygen atoms in total. The molecule has 1 saturated heterocycles. The number of aliphatic imine (C=N–C) groups is 1. The zero-order valence-corrected chi connectivity index (χ0v) is 16.1. The van der Waals surface area contributed by atoms with Crippen LogP contribution >= 0.6 is 23.4 Å². The van der Waals surface area contributed by atoms with Crippen molar-refractivity contribution in [3.05, 3.63) is 63.5 Å². The van der Waals surface area contributed by atoms with Gasteiger partial charge in [0.15, 0.2) is 16.7 Å². The van der Waals surface area contributed by atoms with Crippen LogP contribution in [0.5, 0.6) is 11.5 Å². The summed E-state index contributed by atoms with van der Waals surface area (Å²) in [5.74, 6) is 0.198. The molecule has 0 atom stereocenters. The van der Waals surface area contributed by atoms with E-state index >= 15 is 0 Å². The highest BCUT2D eigenvalue weighted by Crippen LogP contribution is 2.36. The molecule has 0 aromatic heterocycles. The molecular weight excluding hydrogens is 388 g/mol. The van der Waals surface area contributed by atoms with E-state index in [-0.39, 0.29) is 11.1 Å². The van der Waals surface area contributed by atoms with E-state index in [0.29, 0.717) is 32.6 Å². The van der Waals surface area contributed by atoms with Crippen LogP contribution in [0.4, 0.5) is 0 Å². The Hall–Kier alpha value is -2.77. The van der Waals surface area contributed by atoms with Crippen LogP contribution in [0.3, 0.4) is 0 Å². The molecule has 8 heteroatoms. The molecule has 0 radical (unpaired) electrons. The molecule has 0 bridgehead atoms. The molecule has 1 aliphatic heterocycles. The highest BCUT2D eigenvalue weighted by molar-refractivity contribution is 8.18. The van der Waals surface area contributed by atoms with Crippen molar-refractivity contribution in [3.8, 4) is 11.5 Å². The fraction of sp³-hybridized carbons (Fsp3) is 0.105. The van der Waals surface area contributed by atoms with Gasteiger partial charge in [0.2, 0.25) is 0 Å². The van der Waals surface area contributed by atoms with Gasteiger partial charge in [0.25, 0.3) is 11.8 Å². The summed E-state index contributed by atoms with van der Waals surface area (Å²) >= 11 is 7.33. The predicted octanol–water partition coefficient (Wildman–Crippen LogP) is 3.76. The SMILES string of the molecule is COc1cc(Cl)c(/C=C2\SC(=NC(=O)c3ccccc3)NC2=O)cc1OC. The van der Waals surface area contributed by atoms with Gasteiger partial charge in [0, 0.05) is 11.6 Å². The monoisotopic (exact) mass is 402 g/mol. The smallest absolute Gasteiger partial charge is 0.279 e. The Bertz CT molecular complexity index is 958. The third kappa shape index (κ3) is 4.32. The Balaban J connectivity index is 1.86. The summed E-state index contributed by atoms with van der Waals surface area (Å²) in [6.45, 7) is 0. The van der Waals surface area contributed by atoms with Gasteiger partial charge in [0.05, 0.1) is 24.1 Å². The third-order valence-corrected chi connectivity index (χ3v) is 4.90. The van der Waals surface area contributed by atoms with Crippen molar-refractivity contribution in [1.29, 1.82) is 0 Å². The number of amides is 2. The maximum absolute atomic E-state index is 12.2. The summed E-state index contributed by atoms with van der Waals surface area (Å²) < 4.78 is 10.5. The fourth-order valence-corrected chi connectivity index (χ4v) is 3.36. The van der Waals surface area contributed by atoms with Gasteiger partial charge in [-0.25, -0.2) is 0 Å². The summed E-state index contributed by atoms with van der Waals surface area (Å²) in [7, 11) is 3.03. The number of amidine groups is 1. The molecule has 2 amide bonds. The van der Waals surface area contributed by atoms with E-state index in [0.717, 1.165) is 11.8 Å². The van der Waals surface area contributed by atoms with E-state index in [1.807, 2.05) is 6.07 Å². The van der Waals surface area contributed by atoms with E-state index in [1.165, 1.54) is 14.2 Å². The predicted molar refractivity (Wildman–Crippen MR) is 106 cm³/mol. The minimum absolute atomic E-state index is 0.219. The Kier molecular flexibility index (Phi) is 5.83. The Labute approximate surface area is 165 Å². The summed E-state index contributed by atoms with van der Waals surface area (Å²) in [4.78, 5) is 28.7. The summed E-state index contributed by atoms with van der Waals surface area (Å²) in [5, 5.41) is 3.20. The average Bonchev–Trinajstić information content (AvgIpc) is 3.02. The molecule has 1 aliphatic rings. The van der Waals surface area contributed by atoms with E-state index in [1.54, 1.807) is 42.5 Å². The van der Waals surface area contributed by atoms with Crippen LogP contribution in [-0.2, 0) is 4.79 Å². The lowest BCUT2D eigenvalue weighted by Crippen LogP contribution is -2.20. The first-order valence-electron chi connectivity index (χ1n) is 7.82. The van der Waals surface area contributed by atoms with Gasteiger partial charge in [-0.3, -0.25) is 9.59 Å².